The van der Waals surface area contributed by atoms with E-state index < -0.39 is 53.6 Å². The first-order valence-electron chi connectivity index (χ1n) is 16.8. The molecule has 3 fully saturated rings. The number of aliphatic hydroxyl groups excluding tert-OH is 1. The van der Waals surface area contributed by atoms with Gasteiger partial charge in [0.15, 0.2) is 0 Å². The van der Waals surface area contributed by atoms with Crippen LogP contribution in [0, 0.1) is 17.8 Å². The van der Waals surface area contributed by atoms with Crippen molar-refractivity contribution < 1.29 is 33.8 Å². The Hall–Kier alpha value is -3.02. The molecule has 0 saturated carbocycles. The van der Waals surface area contributed by atoms with E-state index in [0.717, 1.165) is 12.8 Å². The first kappa shape index (κ1) is 36.8. The second-order valence-electron chi connectivity index (χ2n) is 13.3. The summed E-state index contributed by atoms with van der Waals surface area (Å²) in [6, 6.07) is 7.29. The zero-order chi connectivity index (χ0) is 34.5. The Kier molecular flexibility index (Phi) is 12.5. The molecule has 11 heteroatoms. The second kappa shape index (κ2) is 15.9. The maximum absolute atomic E-state index is 14.7. The molecule has 1 spiro atoms. The van der Waals surface area contributed by atoms with Gasteiger partial charge in [-0.05, 0) is 37.7 Å². The molecule has 3 aliphatic heterocycles. The topological polar surface area (TPSA) is 125 Å². The van der Waals surface area contributed by atoms with E-state index in [0.29, 0.717) is 18.4 Å². The molecular formula is C36H50BrN3O7. The van der Waals surface area contributed by atoms with Crippen LogP contribution in [-0.2, 0) is 28.7 Å². The Bertz CT molecular complexity index is 1310. The van der Waals surface area contributed by atoms with Crippen molar-refractivity contribution in [2.45, 2.75) is 101 Å². The number of hydrogen-bond donors (Lipinski definition) is 2. The fraction of sp³-hybridized carbons (Fsp3) is 0.611. The highest BCUT2D eigenvalue weighted by Crippen LogP contribution is 2.61. The van der Waals surface area contributed by atoms with Crippen LogP contribution >= 0.6 is 15.9 Å². The van der Waals surface area contributed by atoms with Crippen LogP contribution in [0.25, 0.3) is 0 Å². The first-order chi connectivity index (χ1) is 22.5. The highest BCUT2D eigenvalue weighted by Gasteiger charge is 2.77. The van der Waals surface area contributed by atoms with Crippen molar-refractivity contribution in [2.75, 3.05) is 19.7 Å². The molecule has 1 aromatic carbocycles. The van der Waals surface area contributed by atoms with Gasteiger partial charge in [-0.25, -0.2) is 0 Å². The van der Waals surface area contributed by atoms with Crippen LogP contribution in [0.1, 0.15) is 71.5 Å². The van der Waals surface area contributed by atoms with E-state index in [1.165, 1.54) is 4.90 Å². The van der Waals surface area contributed by atoms with Crippen molar-refractivity contribution in [2.24, 2.45) is 17.8 Å². The van der Waals surface area contributed by atoms with Gasteiger partial charge in [0.1, 0.15) is 17.7 Å². The monoisotopic (exact) mass is 715 g/mol. The molecule has 47 heavy (non-hydrogen) atoms. The van der Waals surface area contributed by atoms with Crippen molar-refractivity contribution in [3.8, 4) is 0 Å². The number of esters is 1. The number of halogens is 1. The minimum Gasteiger partial charge on any atom is -0.455 e. The third kappa shape index (κ3) is 7.22. The molecule has 9 atom stereocenters. The summed E-state index contributed by atoms with van der Waals surface area (Å²) in [5.41, 5.74) is -0.609. The van der Waals surface area contributed by atoms with Gasteiger partial charge < -0.3 is 29.7 Å². The molecule has 0 radical (unpaired) electrons. The predicted octanol–water partition coefficient (Wildman–Crippen LogP) is 4.32. The van der Waals surface area contributed by atoms with Crippen LogP contribution in [0.4, 0.5) is 0 Å². The number of alkyl halides is 1. The van der Waals surface area contributed by atoms with Crippen molar-refractivity contribution in [1.29, 1.82) is 0 Å². The quantitative estimate of drug-likeness (QED) is 0.140. The van der Waals surface area contributed by atoms with E-state index in [9.17, 15) is 24.3 Å². The molecule has 1 aromatic rings. The maximum Gasteiger partial charge on any atom is 0.313 e. The molecule has 2 N–H and O–H groups in total. The van der Waals surface area contributed by atoms with Crippen LogP contribution in [0.3, 0.4) is 0 Å². The molecular weight excluding hydrogens is 666 g/mol. The van der Waals surface area contributed by atoms with E-state index in [-0.39, 0.29) is 54.7 Å². The zero-order valence-corrected chi connectivity index (χ0v) is 29.6. The number of fused-ring (bicyclic) bond motifs is 1. The van der Waals surface area contributed by atoms with Gasteiger partial charge in [-0.15, -0.1) is 13.2 Å². The van der Waals surface area contributed by atoms with Gasteiger partial charge in [0.2, 0.25) is 17.7 Å². The predicted molar refractivity (Wildman–Crippen MR) is 182 cm³/mol. The minimum absolute atomic E-state index is 0.0461. The van der Waals surface area contributed by atoms with Crippen molar-refractivity contribution in [3.05, 3.63) is 61.2 Å². The van der Waals surface area contributed by atoms with Gasteiger partial charge in [0.25, 0.3) is 0 Å². The van der Waals surface area contributed by atoms with E-state index in [1.54, 1.807) is 17.1 Å². The zero-order valence-electron chi connectivity index (χ0n) is 28.0. The van der Waals surface area contributed by atoms with E-state index in [1.807, 2.05) is 51.1 Å². The number of ether oxygens (including phenoxy) is 2. The number of likely N-dealkylation sites (tertiary alicyclic amines) is 1. The molecule has 2 unspecified atom stereocenters. The number of allylic oxidation sites excluding steroid dienone is 1. The van der Waals surface area contributed by atoms with Crippen LogP contribution in [0.15, 0.2) is 55.6 Å². The number of aliphatic hydroxyl groups is 1. The summed E-state index contributed by atoms with van der Waals surface area (Å²) in [6.07, 6.45) is 4.55. The summed E-state index contributed by atoms with van der Waals surface area (Å²) in [5, 5.41) is 13.4. The first-order valence-corrected chi connectivity index (χ1v) is 17.7. The van der Waals surface area contributed by atoms with Crippen LogP contribution in [0.2, 0.25) is 0 Å². The average molecular weight is 717 g/mol. The lowest BCUT2D eigenvalue weighted by molar-refractivity contribution is -0.161. The highest BCUT2D eigenvalue weighted by atomic mass is 79.9. The molecule has 3 amide bonds. The van der Waals surface area contributed by atoms with Gasteiger partial charge in [0, 0.05) is 23.8 Å². The Morgan fingerprint density at radius 3 is 2.51 bits per heavy atom. The molecule has 10 nitrogen and oxygen atoms in total. The number of amides is 3. The van der Waals surface area contributed by atoms with Gasteiger partial charge in [0.05, 0.1) is 37.1 Å². The molecule has 258 valence electrons. The summed E-state index contributed by atoms with van der Waals surface area (Å²) < 4.78 is 12.8. The maximum atomic E-state index is 14.7. The molecule has 0 aromatic heterocycles. The lowest BCUT2D eigenvalue weighted by atomic mass is 9.70. The summed E-state index contributed by atoms with van der Waals surface area (Å²) in [6.45, 7) is 15.3. The average Bonchev–Trinajstić information content (AvgIpc) is 3.64. The number of carbonyl (C=O) groups is 4. The van der Waals surface area contributed by atoms with Gasteiger partial charge >= 0.3 is 5.97 Å². The van der Waals surface area contributed by atoms with E-state index in [4.69, 9.17) is 9.47 Å². The van der Waals surface area contributed by atoms with Crippen LogP contribution < -0.4 is 5.32 Å². The molecule has 3 saturated heterocycles. The number of nitrogens with zero attached hydrogens (tertiary/aromatic N) is 2. The number of benzene rings is 1. The number of carbonyl (C=O) groups excluding carboxylic acids is 4. The Balaban J connectivity index is 1.72. The third-order valence-corrected chi connectivity index (χ3v) is 10.7. The Morgan fingerprint density at radius 2 is 1.91 bits per heavy atom. The third-order valence-electron chi connectivity index (χ3n) is 9.88. The smallest absolute Gasteiger partial charge is 0.313 e. The summed E-state index contributed by atoms with van der Waals surface area (Å²) in [4.78, 5) is 59.0. The van der Waals surface area contributed by atoms with E-state index >= 15 is 0 Å². The molecule has 4 rings (SSSR count). The van der Waals surface area contributed by atoms with Crippen molar-refractivity contribution in [3.63, 3.8) is 0 Å². The second-order valence-corrected chi connectivity index (χ2v) is 14.5. The Morgan fingerprint density at radius 1 is 1.21 bits per heavy atom. The number of nitrogens with one attached hydrogen (secondary N) is 1. The summed E-state index contributed by atoms with van der Waals surface area (Å²) >= 11 is 3.72. The summed E-state index contributed by atoms with van der Waals surface area (Å²) in [7, 11) is 0. The van der Waals surface area contributed by atoms with Gasteiger partial charge in [-0.3, -0.25) is 19.2 Å². The SMILES string of the molecule is C=CCCC(=O)NC[C@H](OC(=O)[C@H]1[C@@H]2O[C@@]3(CC2Br)[C@@H]1C(=O)N([C@@H](CO)C(C)C)[C@@H]3C(=O)N(CC=C)C(C)CCC)c1ccccc1. The molecule has 3 aliphatic rings. The van der Waals surface area contributed by atoms with Crippen molar-refractivity contribution in [1.82, 2.24) is 15.1 Å². The fourth-order valence-corrected chi connectivity index (χ4v) is 8.54. The lowest BCUT2D eigenvalue weighted by Gasteiger charge is -2.41. The number of hydrogen-bond acceptors (Lipinski definition) is 7. The molecule has 0 aliphatic carbocycles. The normalized spacial score (nSPS) is 28.0. The van der Waals surface area contributed by atoms with Gasteiger partial charge in [-0.1, -0.05) is 85.6 Å². The minimum atomic E-state index is -1.30. The Labute approximate surface area is 287 Å². The van der Waals surface area contributed by atoms with Crippen LogP contribution in [-0.4, -0.2) is 93.0 Å². The highest BCUT2D eigenvalue weighted by molar-refractivity contribution is 9.09. The number of rotatable bonds is 17. The summed E-state index contributed by atoms with van der Waals surface area (Å²) in [5.74, 6) is -3.66. The standard InChI is InChI=1S/C36H50BrN3O7/c1-7-10-17-28(42)38-20-27(24-15-12-11-13-16-24)46-35(45)29-30-33(43)40(26(21-41)22(4)5)32(36(30)19-25(37)31(29)47-36)34(44)39(18-9-3)23(6)14-8-2/h7,9,11-13,15-16,22-23,25-27,29-32,41H,1,3,8,10,14,17-21H2,2,4-6H3,(H,38,42)/t23?,25?,26-,27-,29+,30-,31+,32+,36-/m0/s1. The fourth-order valence-electron chi connectivity index (χ4n) is 7.59. The largest absolute Gasteiger partial charge is 0.455 e. The van der Waals surface area contributed by atoms with Crippen LogP contribution in [0.5, 0.6) is 0 Å². The van der Waals surface area contributed by atoms with Gasteiger partial charge in [-0.2, -0.15) is 0 Å². The van der Waals surface area contributed by atoms with E-state index in [2.05, 4.69) is 41.3 Å². The molecule has 3 heterocycles. The van der Waals surface area contributed by atoms with Crippen molar-refractivity contribution >= 4 is 39.6 Å². The molecule has 2 bridgehead atoms. The lowest BCUT2D eigenvalue weighted by Crippen LogP contribution is -2.61.